The highest BCUT2D eigenvalue weighted by Gasteiger charge is 2.04. The maximum Gasteiger partial charge on any atom is 0.142 e. The number of unbranched alkanes of at least 4 members (excludes halogenated alkanes) is 7. The normalized spacial score (nSPS) is 10.6. The second kappa shape index (κ2) is 10.6. The van der Waals surface area contributed by atoms with Crippen LogP contribution < -0.4 is 9.64 Å². The molecule has 0 fully saturated rings. The highest BCUT2D eigenvalue weighted by Crippen LogP contribution is 2.25. The van der Waals surface area contributed by atoms with Gasteiger partial charge in [-0.05, 0) is 24.6 Å². The van der Waals surface area contributed by atoms with Gasteiger partial charge in [-0.2, -0.15) is 0 Å². The molecule has 0 atom stereocenters. The molecule has 1 aromatic rings. The van der Waals surface area contributed by atoms with Gasteiger partial charge in [0.25, 0.3) is 0 Å². The summed E-state index contributed by atoms with van der Waals surface area (Å²) in [6.07, 6.45) is 10.7. The molecule has 0 aliphatic rings. The van der Waals surface area contributed by atoms with Crippen molar-refractivity contribution in [2.75, 3.05) is 25.6 Å². The molecule has 113 valence electrons. The van der Waals surface area contributed by atoms with Crippen LogP contribution in [0.2, 0.25) is 0 Å². The Morgan fingerprint density at radius 2 is 1.65 bits per heavy atom. The molecule has 0 saturated heterocycles. The van der Waals surface area contributed by atoms with E-state index in [4.69, 9.17) is 4.74 Å². The Balaban J connectivity index is 2.10. The molecule has 0 aliphatic carbocycles. The van der Waals surface area contributed by atoms with Crippen molar-refractivity contribution in [1.82, 2.24) is 0 Å². The zero-order valence-corrected chi connectivity index (χ0v) is 13.5. The third kappa shape index (κ3) is 6.83. The van der Waals surface area contributed by atoms with Gasteiger partial charge in [0.2, 0.25) is 0 Å². The first kappa shape index (κ1) is 16.9. The third-order valence-electron chi connectivity index (χ3n) is 3.54. The van der Waals surface area contributed by atoms with Crippen molar-refractivity contribution in [3.8, 4) is 5.75 Å². The molecule has 0 aromatic heterocycles. The molecule has 20 heavy (non-hydrogen) atoms. The molecule has 1 rings (SSSR count). The zero-order valence-electron chi connectivity index (χ0n) is 13.5. The average Bonchev–Trinajstić information content (AvgIpc) is 2.46. The minimum absolute atomic E-state index is 0.819. The number of hydrogen-bond acceptors (Lipinski definition) is 2. The molecule has 0 unspecified atom stereocenters. The van der Waals surface area contributed by atoms with Gasteiger partial charge < -0.3 is 9.64 Å². The predicted molar refractivity (Wildman–Crippen MR) is 87.7 cm³/mol. The van der Waals surface area contributed by atoms with E-state index in [0.29, 0.717) is 0 Å². The zero-order chi connectivity index (χ0) is 14.6. The standard InChI is InChI=1S/C18H30NO/c1-4-5-6-7-8-9-10-13-16-20-18-15-12-11-14-17(18)19(2)3/h12,14-15H,4-10,13,16H2,1-3H3. The van der Waals surface area contributed by atoms with Gasteiger partial charge in [-0.1, -0.05) is 57.9 Å². The van der Waals surface area contributed by atoms with Crippen molar-refractivity contribution in [2.45, 2.75) is 58.3 Å². The first-order valence-electron chi connectivity index (χ1n) is 8.06. The molecule has 0 aliphatic heterocycles. The lowest BCUT2D eigenvalue weighted by atomic mass is 10.1. The Labute approximate surface area is 125 Å². The molecule has 0 bridgehead atoms. The van der Waals surface area contributed by atoms with E-state index in [2.05, 4.69) is 17.9 Å². The molecule has 1 radical (unpaired) electrons. The first-order chi connectivity index (χ1) is 9.75. The van der Waals surface area contributed by atoms with Crippen LogP contribution in [0.15, 0.2) is 18.2 Å². The van der Waals surface area contributed by atoms with Crippen LogP contribution in [0.1, 0.15) is 58.3 Å². The van der Waals surface area contributed by atoms with Crippen molar-refractivity contribution >= 4 is 5.69 Å². The van der Waals surface area contributed by atoms with Crippen LogP contribution in [0.4, 0.5) is 5.69 Å². The number of ether oxygens (including phenoxy) is 1. The molecule has 0 spiro atoms. The summed E-state index contributed by atoms with van der Waals surface area (Å²) < 4.78 is 5.88. The van der Waals surface area contributed by atoms with Gasteiger partial charge in [-0.25, -0.2) is 0 Å². The minimum atomic E-state index is 0.819. The van der Waals surface area contributed by atoms with Crippen LogP contribution in [0.25, 0.3) is 0 Å². The summed E-state index contributed by atoms with van der Waals surface area (Å²) in [5.74, 6) is 0.969. The molecular formula is C18H30NO. The van der Waals surface area contributed by atoms with Gasteiger partial charge >= 0.3 is 0 Å². The van der Waals surface area contributed by atoms with Crippen LogP contribution in [0.5, 0.6) is 5.75 Å². The number of nitrogens with zero attached hydrogens (tertiary/aromatic N) is 1. The van der Waals surface area contributed by atoms with Crippen molar-refractivity contribution < 1.29 is 4.74 Å². The van der Waals surface area contributed by atoms with Crippen LogP contribution in [-0.2, 0) is 0 Å². The average molecular weight is 276 g/mol. The van der Waals surface area contributed by atoms with E-state index in [1.165, 1.54) is 44.9 Å². The summed E-state index contributed by atoms with van der Waals surface area (Å²) in [6, 6.07) is 8.98. The second-order valence-electron chi connectivity index (χ2n) is 5.61. The first-order valence-corrected chi connectivity index (χ1v) is 8.06. The maximum absolute atomic E-state index is 5.88. The van der Waals surface area contributed by atoms with Crippen LogP contribution >= 0.6 is 0 Å². The largest absolute Gasteiger partial charge is 0.491 e. The maximum atomic E-state index is 5.88. The third-order valence-corrected chi connectivity index (χ3v) is 3.54. The lowest BCUT2D eigenvalue weighted by Gasteiger charge is -2.17. The van der Waals surface area contributed by atoms with Gasteiger partial charge in [-0.3, -0.25) is 0 Å². The van der Waals surface area contributed by atoms with Crippen LogP contribution in [0.3, 0.4) is 0 Å². The SMILES string of the molecule is CCCCCCCCCCOc1cc[c]cc1N(C)C. The number of rotatable bonds is 11. The van der Waals surface area contributed by atoms with Crippen LogP contribution in [-0.4, -0.2) is 20.7 Å². The van der Waals surface area contributed by atoms with Crippen molar-refractivity contribution in [3.63, 3.8) is 0 Å². The summed E-state index contributed by atoms with van der Waals surface area (Å²) in [7, 11) is 4.07. The van der Waals surface area contributed by atoms with Crippen molar-refractivity contribution in [3.05, 3.63) is 24.3 Å². The summed E-state index contributed by atoms with van der Waals surface area (Å²) in [6.45, 7) is 3.08. The Bertz CT molecular complexity index is 349. The molecule has 1 aromatic carbocycles. The van der Waals surface area contributed by atoms with Gasteiger partial charge in [0, 0.05) is 14.1 Å². The summed E-state index contributed by atoms with van der Waals surface area (Å²) in [5, 5.41) is 0. The predicted octanol–water partition coefficient (Wildman–Crippen LogP) is 5.07. The molecule has 0 heterocycles. The Morgan fingerprint density at radius 3 is 2.30 bits per heavy atom. The second-order valence-corrected chi connectivity index (χ2v) is 5.61. The number of hydrogen-bond donors (Lipinski definition) is 0. The highest BCUT2D eigenvalue weighted by atomic mass is 16.5. The Kier molecular flexibility index (Phi) is 8.93. The van der Waals surface area contributed by atoms with E-state index in [-0.39, 0.29) is 0 Å². The summed E-state index contributed by atoms with van der Waals surface area (Å²) in [5.41, 5.74) is 1.10. The molecule has 0 amide bonds. The fourth-order valence-electron chi connectivity index (χ4n) is 2.30. The molecule has 2 nitrogen and oxygen atoms in total. The van der Waals surface area contributed by atoms with E-state index >= 15 is 0 Å². The minimum Gasteiger partial charge on any atom is -0.491 e. The van der Waals surface area contributed by atoms with E-state index in [9.17, 15) is 0 Å². The van der Waals surface area contributed by atoms with E-state index in [0.717, 1.165) is 24.5 Å². The summed E-state index contributed by atoms with van der Waals surface area (Å²) >= 11 is 0. The Hall–Kier alpha value is -1.18. The quantitative estimate of drug-likeness (QED) is 0.523. The molecule has 0 N–H and O–H groups in total. The summed E-state index contributed by atoms with van der Waals surface area (Å²) in [4.78, 5) is 2.07. The fraction of sp³-hybridized carbons (Fsp3) is 0.667. The van der Waals surface area contributed by atoms with E-state index in [1.54, 1.807) is 0 Å². The lowest BCUT2D eigenvalue weighted by molar-refractivity contribution is 0.305. The topological polar surface area (TPSA) is 12.5 Å². The van der Waals surface area contributed by atoms with Gasteiger partial charge in [0.1, 0.15) is 5.75 Å². The lowest BCUT2D eigenvalue weighted by Crippen LogP contribution is -2.11. The molecule has 0 saturated carbocycles. The van der Waals surface area contributed by atoms with Crippen LogP contribution in [0, 0.1) is 6.07 Å². The highest BCUT2D eigenvalue weighted by molar-refractivity contribution is 5.56. The molecule has 2 heteroatoms. The monoisotopic (exact) mass is 276 g/mol. The number of anilines is 1. The number of benzene rings is 1. The van der Waals surface area contributed by atoms with Gasteiger partial charge in [0.05, 0.1) is 12.3 Å². The van der Waals surface area contributed by atoms with Crippen molar-refractivity contribution in [2.24, 2.45) is 0 Å². The smallest absolute Gasteiger partial charge is 0.142 e. The van der Waals surface area contributed by atoms with E-state index in [1.807, 2.05) is 32.3 Å². The van der Waals surface area contributed by atoms with Gasteiger partial charge in [-0.15, -0.1) is 0 Å². The van der Waals surface area contributed by atoms with E-state index < -0.39 is 0 Å². The van der Waals surface area contributed by atoms with Gasteiger partial charge in [0.15, 0.2) is 0 Å². The van der Waals surface area contributed by atoms with Crippen molar-refractivity contribution in [1.29, 1.82) is 0 Å². The molecular weight excluding hydrogens is 246 g/mol. The fourth-order valence-corrected chi connectivity index (χ4v) is 2.30. The Morgan fingerprint density at radius 1 is 1.00 bits per heavy atom.